The average Bonchev–Trinajstić information content (AvgIpc) is 2.62. The molecule has 1 atom stereocenters. The van der Waals surface area contributed by atoms with E-state index < -0.39 is 12.0 Å². The minimum atomic E-state index is -0.986. The summed E-state index contributed by atoms with van der Waals surface area (Å²) < 4.78 is 0.808. The number of hydrogen-bond acceptors (Lipinski definition) is 2. The van der Waals surface area contributed by atoms with Crippen LogP contribution in [0, 0.1) is 13.8 Å². The zero-order chi connectivity index (χ0) is 13.4. The third-order valence-electron chi connectivity index (χ3n) is 3.30. The summed E-state index contributed by atoms with van der Waals surface area (Å²) in [6, 6.07) is 3.15. The number of carboxylic acids is 1. The van der Waals surface area contributed by atoms with E-state index in [1.807, 2.05) is 26.0 Å². The van der Waals surface area contributed by atoms with Crippen LogP contribution in [0.3, 0.4) is 0 Å². The van der Waals surface area contributed by atoms with Gasteiger partial charge in [0.1, 0.15) is 6.04 Å². The molecule has 0 bridgehead atoms. The Hall–Kier alpha value is -1.33. The zero-order valence-electron chi connectivity index (χ0n) is 10.2. The van der Waals surface area contributed by atoms with Crippen LogP contribution in [0.1, 0.15) is 16.7 Å². The van der Waals surface area contributed by atoms with Crippen LogP contribution in [0.5, 0.6) is 0 Å². The maximum Gasteiger partial charge on any atom is 0.320 e. The van der Waals surface area contributed by atoms with Gasteiger partial charge in [0.25, 0.3) is 0 Å². The van der Waals surface area contributed by atoms with Crippen LogP contribution >= 0.6 is 15.9 Å². The number of aromatic nitrogens is 1. The van der Waals surface area contributed by atoms with Gasteiger partial charge in [-0.1, -0.05) is 12.1 Å². The molecule has 5 heteroatoms. The summed E-state index contributed by atoms with van der Waals surface area (Å²) in [4.78, 5) is 14.1. The predicted molar refractivity (Wildman–Crippen MR) is 74.8 cm³/mol. The van der Waals surface area contributed by atoms with Crippen LogP contribution in [-0.2, 0) is 11.2 Å². The van der Waals surface area contributed by atoms with Crippen LogP contribution in [0.25, 0.3) is 10.9 Å². The number of hydrogen-bond donors (Lipinski definition) is 3. The smallest absolute Gasteiger partial charge is 0.320 e. The molecular formula is C13H15BrN2O2. The molecule has 96 valence electrons. The van der Waals surface area contributed by atoms with E-state index >= 15 is 0 Å². The predicted octanol–water partition coefficient (Wildman–Crippen LogP) is 2.50. The van der Waals surface area contributed by atoms with Gasteiger partial charge in [-0.05, 0) is 46.5 Å². The van der Waals surface area contributed by atoms with Gasteiger partial charge in [-0.2, -0.15) is 0 Å². The third-order valence-corrected chi connectivity index (χ3v) is 3.98. The molecule has 0 aliphatic heterocycles. The van der Waals surface area contributed by atoms with Crippen molar-refractivity contribution in [2.75, 3.05) is 0 Å². The highest BCUT2D eigenvalue weighted by atomic mass is 79.9. The lowest BCUT2D eigenvalue weighted by Gasteiger charge is -2.06. The van der Waals surface area contributed by atoms with Crippen molar-refractivity contribution >= 4 is 32.8 Å². The van der Waals surface area contributed by atoms with Crippen molar-refractivity contribution in [3.63, 3.8) is 0 Å². The number of halogens is 1. The van der Waals surface area contributed by atoms with Crippen molar-refractivity contribution in [2.24, 2.45) is 5.73 Å². The maximum atomic E-state index is 10.8. The molecule has 0 fully saturated rings. The summed E-state index contributed by atoms with van der Waals surface area (Å²) in [7, 11) is 0. The Bertz CT molecular complexity index is 619. The monoisotopic (exact) mass is 310 g/mol. The summed E-state index contributed by atoms with van der Waals surface area (Å²) in [5.41, 5.74) is 9.93. The largest absolute Gasteiger partial charge is 0.480 e. The number of carboxylic acid groups (broad SMARTS) is 1. The fourth-order valence-corrected chi connectivity index (χ4v) is 2.61. The number of fused-ring (bicyclic) bond motifs is 1. The first kappa shape index (κ1) is 13.1. The Morgan fingerprint density at radius 2 is 2.17 bits per heavy atom. The molecule has 2 rings (SSSR count). The molecule has 0 saturated carbocycles. The van der Waals surface area contributed by atoms with E-state index in [2.05, 4.69) is 20.9 Å². The molecule has 0 aliphatic carbocycles. The highest BCUT2D eigenvalue weighted by Crippen LogP contribution is 2.30. The molecule has 0 spiro atoms. The Morgan fingerprint density at radius 3 is 2.78 bits per heavy atom. The number of H-pyrrole nitrogens is 1. The van der Waals surface area contributed by atoms with E-state index in [1.54, 1.807) is 0 Å². The van der Waals surface area contributed by atoms with Crippen LogP contribution in [0.4, 0.5) is 0 Å². The van der Waals surface area contributed by atoms with E-state index in [-0.39, 0.29) is 0 Å². The van der Waals surface area contributed by atoms with Crippen molar-refractivity contribution in [3.8, 4) is 0 Å². The number of aryl methyl sites for hydroxylation is 2. The van der Waals surface area contributed by atoms with Gasteiger partial charge in [0.15, 0.2) is 0 Å². The maximum absolute atomic E-state index is 10.8. The molecule has 0 amide bonds. The first-order valence-corrected chi connectivity index (χ1v) is 6.45. The minimum absolute atomic E-state index is 0.304. The van der Waals surface area contributed by atoms with Crippen LogP contribution in [0.2, 0.25) is 0 Å². The van der Waals surface area contributed by atoms with Gasteiger partial charge in [-0.3, -0.25) is 4.79 Å². The molecule has 0 saturated heterocycles. The molecule has 4 nitrogen and oxygen atoms in total. The molecule has 0 radical (unpaired) electrons. The van der Waals surface area contributed by atoms with E-state index in [0.29, 0.717) is 6.42 Å². The lowest BCUT2D eigenvalue weighted by atomic mass is 10.0. The molecule has 1 heterocycles. The number of carbonyl (C=O) groups is 1. The van der Waals surface area contributed by atoms with Crippen molar-refractivity contribution in [1.82, 2.24) is 4.98 Å². The second kappa shape index (κ2) is 4.74. The fraction of sp³-hybridized carbons (Fsp3) is 0.308. The molecule has 1 aromatic carbocycles. The molecule has 1 unspecified atom stereocenters. The Labute approximate surface area is 113 Å². The van der Waals surface area contributed by atoms with E-state index in [4.69, 9.17) is 10.8 Å². The summed E-state index contributed by atoms with van der Waals surface area (Å²) in [5.74, 6) is -0.986. The van der Waals surface area contributed by atoms with Crippen molar-refractivity contribution < 1.29 is 9.90 Å². The first-order valence-electron chi connectivity index (χ1n) is 5.66. The van der Waals surface area contributed by atoms with Crippen LogP contribution < -0.4 is 5.73 Å². The van der Waals surface area contributed by atoms with Gasteiger partial charge >= 0.3 is 5.97 Å². The summed E-state index contributed by atoms with van der Waals surface area (Å²) in [6.45, 7) is 4.09. The fourth-order valence-electron chi connectivity index (χ4n) is 2.04. The van der Waals surface area contributed by atoms with Gasteiger partial charge in [0.2, 0.25) is 0 Å². The third kappa shape index (κ3) is 2.15. The highest BCUT2D eigenvalue weighted by Gasteiger charge is 2.18. The lowest BCUT2D eigenvalue weighted by molar-refractivity contribution is -0.138. The van der Waals surface area contributed by atoms with Crippen LogP contribution in [0.15, 0.2) is 16.7 Å². The second-order valence-electron chi connectivity index (χ2n) is 4.50. The normalized spacial score (nSPS) is 12.9. The van der Waals surface area contributed by atoms with E-state index in [9.17, 15) is 4.79 Å². The highest BCUT2D eigenvalue weighted by molar-refractivity contribution is 9.10. The van der Waals surface area contributed by atoms with Gasteiger partial charge < -0.3 is 15.8 Å². The Kier molecular flexibility index (Phi) is 3.45. The summed E-state index contributed by atoms with van der Waals surface area (Å²) >= 11 is 3.44. The average molecular weight is 311 g/mol. The number of nitrogens with one attached hydrogen (secondary N) is 1. The molecule has 4 N–H and O–H groups in total. The quantitative estimate of drug-likeness (QED) is 0.815. The zero-order valence-corrected chi connectivity index (χ0v) is 11.8. The number of aromatic amines is 1. The van der Waals surface area contributed by atoms with Crippen molar-refractivity contribution in [3.05, 3.63) is 33.4 Å². The van der Waals surface area contributed by atoms with E-state index in [1.165, 1.54) is 11.1 Å². The molecule has 2 aromatic rings. The van der Waals surface area contributed by atoms with Crippen molar-refractivity contribution in [1.29, 1.82) is 0 Å². The number of aliphatic carboxylic acids is 1. The van der Waals surface area contributed by atoms with Gasteiger partial charge in [0, 0.05) is 17.3 Å². The molecular weight excluding hydrogens is 296 g/mol. The van der Waals surface area contributed by atoms with Crippen LogP contribution in [-0.4, -0.2) is 22.1 Å². The number of rotatable bonds is 3. The SMILES string of the molecule is Cc1ccc2c(CC(N)C(=O)O)c(Br)[nH]c2c1C. The second-order valence-corrected chi connectivity index (χ2v) is 5.29. The summed E-state index contributed by atoms with van der Waals surface area (Å²) in [6.07, 6.45) is 0.304. The van der Waals surface area contributed by atoms with Gasteiger partial charge in [0.05, 0.1) is 4.60 Å². The van der Waals surface area contributed by atoms with Gasteiger partial charge in [-0.25, -0.2) is 0 Å². The first-order chi connectivity index (χ1) is 8.41. The Morgan fingerprint density at radius 1 is 1.50 bits per heavy atom. The van der Waals surface area contributed by atoms with Gasteiger partial charge in [-0.15, -0.1) is 0 Å². The minimum Gasteiger partial charge on any atom is -0.480 e. The topological polar surface area (TPSA) is 79.1 Å². The summed E-state index contributed by atoms with van der Waals surface area (Å²) in [5, 5.41) is 9.92. The molecule has 1 aromatic heterocycles. The van der Waals surface area contributed by atoms with E-state index in [0.717, 1.165) is 21.1 Å². The Balaban J connectivity index is 2.55. The standard InChI is InChI=1S/C13H15BrN2O2/c1-6-3-4-8-9(5-10(15)13(17)18)12(14)16-11(8)7(6)2/h3-4,10,16H,5,15H2,1-2H3,(H,17,18). The lowest BCUT2D eigenvalue weighted by Crippen LogP contribution is -2.32. The molecule has 18 heavy (non-hydrogen) atoms. The number of nitrogens with two attached hydrogens (primary N) is 1. The number of benzene rings is 1. The molecule has 0 aliphatic rings. The van der Waals surface area contributed by atoms with Crippen molar-refractivity contribution in [2.45, 2.75) is 26.3 Å².